The van der Waals surface area contributed by atoms with Crippen LogP contribution < -0.4 is 0 Å². The monoisotopic (exact) mass is 286 g/mol. The van der Waals surface area contributed by atoms with Crippen LogP contribution in [0.1, 0.15) is 41.5 Å². The molecule has 2 bridgehead atoms. The Balaban J connectivity index is 2.25. The second-order valence-electron chi connectivity index (χ2n) is 8.01. The molecule has 2 heterocycles. The van der Waals surface area contributed by atoms with Gasteiger partial charge in [0.15, 0.2) is 8.32 Å². The molecule has 0 amide bonds. The molecular weight excluding hydrogens is 256 g/mol. The van der Waals surface area contributed by atoms with E-state index in [9.17, 15) is 0 Å². The molecule has 0 unspecified atom stereocenters. The number of ether oxygens (including phenoxy) is 2. The molecule has 2 aliphatic heterocycles. The second kappa shape index (κ2) is 4.55. The average molecular weight is 286 g/mol. The fourth-order valence-electron chi connectivity index (χ4n) is 2.86. The topological polar surface area (TPSA) is 27.7 Å². The maximum absolute atomic E-state index is 6.67. The van der Waals surface area contributed by atoms with Crippen molar-refractivity contribution in [2.45, 2.75) is 83.6 Å². The smallest absolute Gasteiger partial charge is 0.192 e. The average Bonchev–Trinajstić information content (AvgIpc) is 2.68. The maximum atomic E-state index is 6.67. The minimum absolute atomic E-state index is 0.100. The van der Waals surface area contributed by atoms with E-state index in [1.165, 1.54) is 0 Å². The summed E-state index contributed by atoms with van der Waals surface area (Å²) in [4.78, 5) is 0. The molecule has 0 radical (unpaired) electrons. The van der Waals surface area contributed by atoms with Gasteiger partial charge < -0.3 is 13.9 Å². The molecule has 0 aromatic rings. The van der Waals surface area contributed by atoms with Crippen molar-refractivity contribution in [2.24, 2.45) is 5.92 Å². The Morgan fingerprint density at radius 1 is 1.26 bits per heavy atom. The molecule has 2 aliphatic rings. The van der Waals surface area contributed by atoms with E-state index in [0.29, 0.717) is 12.5 Å². The van der Waals surface area contributed by atoms with Crippen LogP contribution in [0.4, 0.5) is 0 Å². The SMILES string of the molecule is CC(C)[C@]12CO[C@H]([C@H](C)O1)[C@H]2O[Si](C)(C)C(C)(C)C. The van der Waals surface area contributed by atoms with Crippen molar-refractivity contribution < 1.29 is 13.9 Å². The van der Waals surface area contributed by atoms with Gasteiger partial charge in [0.2, 0.25) is 0 Å². The van der Waals surface area contributed by atoms with E-state index in [4.69, 9.17) is 13.9 Å². The molecule has 4 heteroatoms. The highest BCUT2D eigenvalue weighted by Gasteiger charge is 2.63. The Bertz CT molecular complexity index is 348. The summed E-state index contributed by atoms with van der Waals surface area (Å²) in [6.45, 7) is 18.7. The molecule has 4 atom stereocenters. The molecule has 19 heavy (non-hydrogen) atoms. The summed E-state index contributed by atoms with van der Waals surface area (Å²) in [5, 5.41) is 0.219. The van der Waals surface area contributed by atoms with Crippen molar-refractivity contribution >= 4 is 8.32 Å². The van der Waals surface area contributed by atoms with Gasteiger partial charge in [-0.1, -0.05) is 34.6 Å². The highest BCUT2D eigenvalue weighted by Crippen LogP contribution is 2.49. The largest absolute Gasteiger partial charge is 0.408 e. The standard InChI is InChI=1S/C15H30O3Si/c1-10(2)15-9-16-12(11(3)17-15)13(15)18-19(7,8)14(4,5)6/h10-13H,9H2,1-8H3/t11-,12+,13+,15-/m0/s1. The molecule has 112 valence electrons. The van der Waals surface area contributed by atoms with E-state index in [2.05, 4.69) is 54.6 Å². The zero-order chi connectivity index (χ0) is 14.6. The van der Waals surface area contributed by atoms with Gasteiger partial charge in [0.25, 0.3) is 0 Å². The summed E-state index contributed by atoms with van der Waals surface area (Å²) in [6.07, 6.45) is 0.353. The number of rotatable bonds is 3. The van der Waals surface area contributed by atoms with E-state index in [1.807, 2.05) is 0 Å². The Labute approximate surface area is 119 Å². The summed E-state index contributed by atoms with van der Waals surface area (Å²) in [6, 6.07) is 0. The van der Waals surface area contributed by atoms with Crippen LogP contribution in [-0.4, -0.2) is 38.8 Å². The van der Waals surface area contributed by atoms with Crippen molar-refractivity contribution in [3.8, 4) is 0 Å². The van der Waals surface area contributed by atoms with E-state index in [1.54, 1.807) is 0 Å². The summed E-state index contributed by atoms with van der Waals surface area (Å²) in [5.41, 5.74) is -0.237. The first-order valence-corrected chi connectivity index (χ1v) is 10.4. The number of hydrogen-bond acceptors (Lipinski definition) is 3. The van der Waals surface area contributed by atoms with Crippen LogP contribution in [-0.2, 0) is 13.9 Å². The lowest BCUT2D eigenvalue weighted by molar-refractivity contribution is -0.157. The van der Waals surface area contributed by atoms with E-state index >= 15 is 0 Å². The van der Waals surface area contributed by atoms with Gasteiger partial charge in [0, 0.05) is 0 Å². The highest BCUT2D eigenvalue weighted by molar-refractivity contribution is 6.74. The molecule has 2 saturated heterocycles. The molecule has 0 aromatic carbocycles. The molecule has 0 saturated carbocycles. The Morgan fingerprint density at radius 3 is 2.26 bits per heavy atom. The van der Waals surface area contributed by atoms with Gasteiger partial charge in [-0.15, -0.1) is 0 Å². The summed E-state index contributed by atoms with van der Waals surface area (Å²) in [7, 11) is -1.80. The lowest BCUT2D eigenvalue weighted by Crippen LogP contribution is -2.53. The van der Waals surface area contributed by atoms with E-state index in [0.717, 1.165) is 0 Å². The third-order valence-electron chi connectivity index (χ3n) is 5.35. The first-order chi connectivity index (χ1) is 8.51. The van der Waals surface area contributed by atoms with Crippen LogP contribution in [0, 0.1) is 5.92 Å². The Kier molecular flexibility index (Phi) is 3.71. The quantitative estimate of drug-likeness (QED) is 0.742. The van der Waals surface area contributed by atoms with Crippen LogP contribution in [0.3, 0.4) is 0 Å². The molecule has 3 nitrogen and oxygen atoms in total. The predicted molar refractivity (Wildman–Crippen MR) is 79.9 cm³/mol. The summed E-state index contributed by atoms with van der Waals surface area (Å²) in [5.74, 6) is 0.414. The van der Waals surface area contributed by atoms with Crippen LogP contribution in [0.2, 0.25) is 18.1 Å². The number of hydrogen-bond donors (Lipinski definition) is 0. The molecule has 0 aromatic heterocycles. The van der Waals surface area contributed by atoms with Crippen molar-refractivity contribution in [3.63, 3.8) is 0 Å². The third kappa shape index (κ3) is 2.31. The summed E-state index contributed by atoms with van der Waals surface area (Å²) >= 11 is 0. The Hall–Kier alpha value is 0.0969. The lowest BCUT2D eigenvalue weighted by Gasteiger charge is -2.42. The number of fused-ring (bicyclic) bond motifs is 2. The minimum Gasteiger partial charge on any atom is -0.408 e. The predicted octanol–water partition coefficient (Wildman–Crippen LogP) is 3.59. The minimum atomic E-state index is -1.80. The highest BCUT2D eigenvalue weighted by atomic mass is 28.4. The van der Waals surface area contributed by atoms with Gasteiger partial charge in [0.1, 0.15) is 17.8 Å². The van der Waals surface area contributed by atoms with Crippen molar-refractivity contribution in [1.29, 1.82) is 0 Å². The fourth-order valence-corrected chi connectivity index (χ4v) is 4.18. The van der Waals surface area contributed by atoms with Crippen molar-refractivity contribution in [1.82, 2.24) is 0 Å². The van der Waals surface area contributed by atoms with Gasteiger partial charge in [-0.3, -0.25) is 0 Å². The fraction of sp³-hybridized carbons (Fsp3) is 1.00. The molecule has 2 fully saturated rings. The second-order valence-corrected chi connectivity index (χ2v) is 12.8. The van der Waals surface area contributed by atoms with Crippen LogP contribution in [0.15, 0.2) is 0 Å². The van der Waals surface area contributed by atoms with Gasteiger partial charge in [-0.25, -0.2) is 0 Å². The van der Waals surface area contributed by atoms with Crippen LogP contribution >= 0.6 is 0 Å². The van der Waals surface area contributed by atoms with Gasteiger partial charge >= 0.3 is 0 Å². The lowest BCUT2D eigenvalue weighted by atomic mass is 9.87. The first kappa shape index (κ1) is 15.5. The zero-order valence-corrected chi connectivity index (χ0v) is 14.7. The van der Waals surface area contributed by atoms with Gasteiger partial charge in [0.05, 0.1) is 12.7 Å². The maximum Gasteiger partial charge on any atom is 0.192 e. The molecule has 0 aliphatic carbocycles. The van der Waals surface area contributed by atoms with Crippen molar-refractivity contribution in [3.05, 3.63) is 0 Å². The molecular formula is C15H30O3Si. The zero-order valence-electron chi connectivity index (χ0n) is 13.7. The van der Waals surface area contributed by atoms with Crippen molar-refractivity contribution in [2.75, 3.05) is 6.61 Å². The third-order valence-corrected chi connectivity index (χ3v) is 9.81. The summed E-state index contributed by atoms with van der Waals surface area (Å²) < 4.78 is 18.9. The van der Waals surface area contributed by atoms with Crippen LogP contribution in [0.25, 0.3) is 0 Å². The van der Waals surface area contributed by atoms with Crippen LogP contribution in [0.5, 0.6) is 0 Å². The Morgan fingerprint density at radius 2 is 1.84 bits per heavy atom. The van der Waals surface area contributed by atoms with Gasteiger partial charge in [-0.2, -0.15) is 0 Å². The molecule has 0 N–H and O–H groups in total. The first-order valence-electron chi connectivity index (χ1n) is 7.48. The normalized spacial score (nSPS) is 39.3. The molecule has 0 spiro atoms. The molecule has 2 rings (SSSR count). The van der Waals surface area contributed by atoms with Gasteiger partial charge in [-0.05, 0) is 31.0 Å². The van der Waals surface area contributed by atoms with E-state index < -0.39 is 8.32 Å². The van der Waals surface area contributed by atoms with E-state index in [-0.39, 0.29) is 29.0 Å².